The number of methoxy groups -OCH3 is 2. The molecular weight excluding hydrogens is 178 g/mol. The van der Waals surface area contributed by atoms with E-state index in [0.29, 0.717) is 0 Å². The lowest BCUT2D eigenvalue weighted by atomic mass is 10.1. The number of hydrogen-bond donors (Lipinski definition) is 0. The average Bonchev–Trinajstić information content (AvgIpc) is 2.63. The summed E-state index contributed by atoms with van der Waals surface area (Å²) in [6.07, 6.45) is 1.23. The lowest BCUT2D eigenvalue weighted by Gasteiger charge is -2.10. The maximum absolute atomic E-state index is 11.0. The van der Waals surface area contributed by atoms with Gasteiger partial charge in [-0.1, -0.05) is 5.16 Å². The van der Waals surface area contributed by atoms with E-state index in [0.717, 1.165) is 0 Å². The number of carbonyl (C=O) groups excluding carboxylic acids is 2. The predicted molar refractivity (Wildman–Crippen MR) is 39.8 cm³/mol. The van der Waals surface area contributed by atoms with E-state index in [2.05, 4.69) is 25.7 Å². The maximum atomic E-state index is 11.0. The number of ether oxygens (including phenoxy) is 2. The van der Waals surface area contributed by atoms with Crippen LogP contribution in [0.5, 0.6) is 0 Å². The number of hydrogen-bond acceptors (Lipinski definition) is 6. The molecule has 0 aliphatic carbocycles. The van der Waals surface area contributed by atoms with Gasteiger partial charge in [-0.25, -0.2) is 4.79 Å². The van der Waals surface area contributed by atoms with Crippen LogP contribution in [0.1, 0.15) is 0 Å². The third-order valence-corrected chi connectivity index (χ3v) is 1.55. The van der Waals surface area contributed by atoms with Crippen molar-refractivity contribution in [1.29, 1.82) is 0 Å². The van der Waals surface area contributed by atoms with Gasteiger partial charge in [-0.3, -0.25) is 4.79 Å². The van der Waals surface area contributed by atoms with Gasteiger partial charge in [0.25, 0.3) is 0 Å². The Hall–Kier alpha value is -1.59. The largest absolute Gasteiger partial charge is 0.468 e. The van der Waals surface area contributed by atoms with Gasteiger partial charge in [-0.2, -0.15) is 0 Å². The van der Waals surface area contributed by atoms with Crippen LogP contribution < -0.4 is 0 Å². The first-order chi connectivity index (χ1) is 6.20. The number of carbonyl (C=O) groups is 2. The lowest BCUT2D eigenvalue weighted by molar-refractivity contribution is -0.161. The molecule has 0 saturated heterocycles. The first-order valence-corrected chi connectivity index (χ1v) is 3.47. The van der Waals surface area contributed by atoms with Crippen molar-refractivity contribution in [3.63, 3.8) is 0 Å². The molecule has 13 heavy (non-hydrogen) atoms. The van der Waals surface area contributed by atoms with E-state index >= 15 is 0 Å². The molecule has 2 unspecified atom stereocenters. The monoisotopic (exact) mass is 186 g/mol. The average molecular weight is 186 g/mol. The minimum atomic E-state index is -1.07. The third-order valence-electron chi connectivity index (χ3n) is 1.55. The molecule has 0 aromatic carbocycles. The van der Waals surface area contributed by atoms with Gasteiger partial charge in [0.2, 0.25) is 6.10 Å². The van der Waals surface area contributed by atoms with E-state index in [1.54, 1.807) is 0 Å². The first kappa shape index (κ1) is 9.50. The molecule has 0 aromatic rings. The van der Waals surface area contributed by atoms with Crippen LogP contribution in [0.4, 0.5) is 0 Å². The molecule has 1 heterocycles. The molecule has 0 spiro atoms. The summed E-state index contributed by atoms with van der Waals surface area (Å²) in [5.41, 5.74) is 0. The van der Waals surface area contributed by atoms with Gasteiger partial charge < -0.3 is 14.3 Å². The van der Waals surface area contributed by atoms with Gasteiger partial charge in [0.15, 0.2) is 5.92 Å². The summed E-state index contributed by atoms with van der Waals surface area (Å²) in [6, 6.07) is 0. The van der Waals surface area contributed by atoms with Crippen molar-refractivity contribution in [2.45, 2.75) is 6.10 Å². The summed E-state index contributed by atoms with van der Waals surface area (Å²) < 4.78 is 8.80. The van der Waals surface area contributed by atoms with E-state index in [-0.39, 0.29) is 0 Å². The number of nitrogens with zero attached hydrogens (tertiary/aromatic N) is 1. The van der Waals surface area contributed by atoms with E-state index in [1.807, 2.05) is 0 Å². The summed E-state index contributed by atoms with van der Waals surface area (Å²) >= 11 is 0. The van der Waals surface area contributed by atoms with Crippen LogP contribution in [-0.4, -0.2) is 38.5 Å². The molecule has 0 fully saturated rings. The van der Waals surface area contributed by atoms with Gasteiger partial charge >= 0.3 is 11.9 Å². The molecule has 1 aliphatic rings. The second-order valence-electron chi connectivity index (χ2n) is 2.27. The standard InChI is InChI=1S/C7H8NO5/c1-11-6(9)4-3-8-13-5(4)7(10)12-2/h4-5H,1-2H3. The Morgan fingerprint density at radius 3 is 2.46 bits per heavy atom. The van der Waals surface area contributed by atoms with Crippen molar-refractivity contribution >= 4 is 18.2 Å². The van der Waals surface area contributed by atoms with Crippen LogP contribution in [0.25, 0.3) is 0 Å². The highest BCUT2D eigenvalue weighted by Crippen LogP contribution is 2.15. The van der Waals surface area contributed by atoms with Crippen LogP contribution >= 0.6 is 0 Å². The quantitative estimate of drug-likeness (QED) is 0.528. The van der Waals surface area contributed by atoms with E-state index in [1.165, 1.54) is 14.2 Å². The highest BCUT2D eigenvalue weighted by Gasteiger charge is 2.41. The SMILES string of the molecule is COC(=O)C1[C]=NOC1C(=O)OC. The summed E-state index contributed by atoms with van der Waals surface area (Å²) in [5, 5.41) is 3.23. The fourth-order valence-electron chi connectivity index (χ4n) is 0.871. The van der Waals surface area contributed by atoms with E-state index in [4.69, 9.17) is 0 Å². The predicted octanol–water partition coefficient (Wildman–Crippen LogP) is -0.790. The van der Waals surface area contributed by atoms with Crippen molar-refractivity contribution in [2.24, 2.45) is 11.1 Å². The molecule has 2 atom stereocenters. The molecule has 0 N–H and O–H groups in total. The summed E-state index contributed by atoms with van der Waals surface area (Å²) in [5.74, 6) is -2.24. The molecule has 1 radical (unpaired) electrons. The molecule has 0 saturated carbocycles. The van der Waals surface area contributed by atoms with Crippen LogP contribution in [0.15, 0.2) is 5.16 Å². The third kappa shape index (κ3) is 1.77. The molecular formula is C7H8NO5. The summed E-state index contributed by atoms with van der Waals surface area (Å²) in [4.78, 5) is 26.6. The molecule has 6 heteroatoms. The molecule has 71 valence electrons. The van der Waals surface area contributed by atoms with E-state index in [9.17, 15) is 9.59 Å². The van der Waals surface area contributed by atoms with Crippen LogP contribution in [0.3, 0.4) is 0 Å². The molecule has 0 bridgehead atoms. The Morgan fingerprint density at radius 1 is 1.31 bits per heavy atom. The maximum Gasteiger partial charge on any atom is 0.351 e. The Labute approximate surface area is 74.4 Å². The minimum Gasteiger partial charge on any atom is -0.468 e. The Bertz CT molecular complexity index is 249. The van der Waals surface area contributed by atoms with Gasteiger partial charge in [-0.05, 0) is 0 Å². The van der Waals surface area contributed by atoms with E-state index < -0.39 is 24.0 Å². The fraction of sp³-hybridized carbons (Fsp3) is 0.571. The van der Waals surface area contributed by atoms with Crippen molar-refractivity contribution in [1.82, 2.24) is 0 Å². The Balaban J connectivity index is 2.67. The number of rotatable bonds is 2. The zero-order valence-corrected chi connectivity index (χ0v) is 7.14. The Kier molecular flexibility index (Phi) is 2.84. The Morgan fingerprint density at radius 2 is 1.92 bits per heavy atom. The first-order valence-electron chi connectivity index (χ1n) is 3.47. The van der Waals surface area contributed by atoms with Gasteiger partial charge in [0, 0.05) is 0 Å². The highest BCUT2D eigenvalue weighted by molar-refractivity contribution is 5.97. The molecule has 6 nitrogen and oxygen atoms in total. The van der Waals surface area contributed by atoms with Gasteiger partial charge in [-0.15, -0.1) is 0 Å². The van der Waals surface area contributed by atoms with Crippen LogP contribution in [0, 0.1) is 5.92 Å². The van der Waals surface area contributed by atoms with Gasteiger partial charge in [0.1, 0.15) is 6.21 Å². The second-order valence-corrected chi connectivity index (χ2v) is 2.27. The topological polar surface area (TPSA) is 74.2 Å². The number of esters is 2. The van der Waals surface area contributed by atoms with Crippen molar-refractivity contribution in [3.05, 3.63) is 0 Å². The molecule has 1 rings (SSSR count). The molecule has 1 aliphatic heterocycles. The normalized spacial score (nSPS) is 25.1. The van der Waals surface area contributed by atoms with Crippen molar-refractivity contribution < 1.29 is 23.9 Å². The zero-order valence-electron chi connectivity index (χ0n) is 7.14. The molecule has 0 aromatic heterocycles. The summed E-state index contributed by atoms with van der Waals surface area (Å²) in [7, 11) is 2.40. The van der Waals surface area contributed by atoms with Crippen LogP contribution in [-0.2, 0) is 23.9 Å². The molecule has 0 amide bonds. The van der Waals surface area contributed by atoms with Crippen LogP contribution in [0.2, 0.25) is 0 Å². The second kappa shape index (κ2) is 3.88. The van der Waals surface area contributed by atoms with Gasteiger partial charge in [0.05, 0.1) is 14.2 Å². The smallest absolute Gasteiger partial charge is 0.351 e. The zero-order chi connectivity index (χ0) is 9.84. The summed E-state index contributed by atoms with van der Waals surface area (Å²) in [6.45, 7) is 0. The van der Waals surface area contributed by atoms with Crippen molar-refractivity contribution in [3.8, 4) is 0 Å². The highest BCUT2D eigenvalue weighted by atomic mass is 16.7. The van der Waals surface area contributed by atoms with Crippen molar-refractivity contribution in [2.75, 3.05) is 14.2 Å². The fourth-order valence-corrected chi connectivity index (χ4v) is 0.871. The minimum absolute atomic E-state index is 0.628. The lowest BCUT2D eigenvalue weighted by Crippen LogP contribution is -2.35.